The predicted octanol–water partition coefficient (Wildman–Crippen LogP) is 1.28. The van der Waals surface area contributed by atoms with Crippen LogP contribution in [0.3, 0.4) is 0 Å². The first-order chi connectivity index (χ1) is 10.8. The summed E-state index contributed by atoms with van der Waals surface area (Å²) in [7, 11) is 1.90. The van der Waals surface area contributed by atoms with E-state index in [0.29, 0.717) is 0 Å². The van der Waals surface area contributed by atoms with Crippen LogP contribution in [0.15, 0.2) is 35.3 Å². The molecule has 0 radical (unpaired) electrons. The Bertz CT molecular complexity index is 758. The van der Waals surface area contributed by atoms with E-state index in [1.165, 1.54) is 0 Å². The summed E-state index contributed by atoms with van der Waals surface area (Å²) in [5.41, 5.74) is 0.878. The first kappa shape index (κ1) is 13.3. The van der Waals surface area contributed by atoms with E-state index >= 15 is 0 Å². The van der Waals surface area contributed by atoms with E-state index in [9.17, 15) is 0 Å². The number of hydrogen-bond donors (Lipinski definition) is 0. The highest BCUT2D eigenvalue weighted by atomic mass is 16.3. The maximum absolute atomic E-state index is 5.42. The molecule has 4 heterocycles. The molecular formula is C15H18N6O. The zero-order valence-electron chi connectivity index (χ0n) is 12.5. The van der Waals surface area contributed by atoms with Gasteiger partial charge in [-0.1, -0.05) is 0 Å². The van der Waals surface area contributed by atoms with Crippen LogP contribution < -0.4 is 4.90 Å². The van der Waals surface area contributed by atoms with E-state index in [1.807, 2.05) is 25.4 Å². The Morgan fingerprint density at radius 2 is 2.05 bits per heavy atom. The Balaban J connectivity index is 1.48. The second-order valence-electron chi connectivity index (χ2n) is 5.55. The molecule has 3 aromatic rings. The molecule has 0 saturated carbocycles. The summed E-state index contributed by atoms with van der Waals surface area (Å²) in [6.45, 7) is 4.75. The second-order valence-corrected chi connectivity index (χ2v) is 5.55. The van der Waals surface area contributed by atoms with Crippen LogP contribution in [-0.4, -0.2) is 50.8 Å². The van der Waals surface area contributed by atoms with Crippen molar-refractivity contribution in [1.29, 1.82) is 0 Å². The fraction of sp³-hybridized carbons (Fsp3) is 0.400. The predicted molar refractivity (Wildman–Crippen MR) is 82.5 cm³/mol. The standard InChI is InChI=1S/C15H18N6O/c1-19-14-13(9-18-19)15(17-11-16-14)21-6-4-20(5-7-21)10-12-3-2-8-22-12/h2-3,8-9,11H,4-7,10H2,1H3. The molecule has 0 aromatic carbocycles. The van der Waals surface area contributed by atoms with E-state index in [-0.39, 0.29) is 0 Å². The minimum absolute atomic E-state index is 0.868. The van der Waals surface area contributed by atoms with E-state index in [1.54, 1.807) is 17.3 Å². The van der Waals surface area contributed by atoms with Gasteiger partial charge in [0.2, 0.25) is 0 Å². The van der Waals surface area contributed by atoms with Gasteiger partial charge in [0.05, 0.1) is 24.4 Å². The maximum atomic E-state index is 5.42. The Kier molecular flexibility index (Phi) is 3.27. The third kappa shape index (κ3) is 2.33. The number of hydrogen-bond acceptors (Lipinski definition) is 6. The first-order valence-electron chi connectivity index (χ1n) is 7.43. The van der Waals surface area contributed by atoms with Crippen LogP contribution in [0.4, 0.5) is 5.82 Å². The van der Waals surface area contributed by atoms with Crippen LogP contribution >= 0.6 is 0 Å². The molecule has 7 nitrogen and oxygen atoms in total. The molecule has 0 unspecified atom stereocenters. The number of anilines is 1. The van der Waals surface area contributed by atoms with Crippen molar-refractivity contribution in [2.75, 3.05) is 31.1 Å². The maximum Gasteiger partial charge on any atom is 0.163 e. The van der Waals surface area contributed by atoms with Crippen LogP contribution in [0, 0.1) is 0 Å². The molecular weight excluding hydrogens is 280 g/mol. The number of piperazine rings is 1. The van der Waals surface area contributed by atoms with Gasteiger partial charge in [0.15, 0.2) is 5.65 Å². The van der Waals surface area contributed by atoms with Crippen molar-refractivity contribution in [3.63, 3.8) is 0 Å². The van der Waals surface area contributed by atoms with Crippen molar-refractivity contribution in [2.24, 2.45) is 7.05 Å². The molecule has 4 rings (SSSR count). The minimum Gasteiger partial charge on any atom is -0.468 e. The van der Waals surface area contributed by atoms with E-state index in [4.69, 9.17) is 4.42 Å². The van der Waals surface area contributed by atoms with Gasteiger partial charge in [-0.3, -0.25) is 9.58 Å². The van der Waals surface area contributed by atoms with Gasteiger partial charge in [-0.05, 0) is 12.1 Å². The summed E-state index contributed by atoms with van der Waals surface area (Å²) in [4.78, 5) is 13.5. The van der Waals surface area contributed by atoms with Gasteiger partial charge in [-0.25, -0.2) is 9.97 Å². The van der Waals surface area contributed by atoms with Gasteiger partial charge < -0.3 is 9.32 Å². The van der Waals surface area contributed by atoms with Crippen LogP contribution in [0.5, 0.6) is 0 Å². The highest BCUT2D eigenvalue weighted by Gasteiger charge is 2.21. The number of aryl methyl sites for hydroxylation is 1. The Labute approximate surface area is 128 Å². The van der Waals surface area contributed by atoms with Crippen molar-refractivity contribution in [3.8, 4) is 0 Å². The van der Waals surface area contributed by atoms with Crippen LogP contribution in [0.25, 0.3) is 11.0 Å². The first-order valence-corrected chi connectivity index (χ1v) is 7.43. The van der Waals surface area contributed by atoms with Crippen LogP contribution in [0.1, 0.15) is 5.76 Å². The van der Waals surface area contributed by atoms with Crippen LogP contribution in [0.2, 0.25) is 0 Å². The molecule has 1 saturated heterocycles. The third-order valence-corrected chi connectivity index (χ3v) is 4.14. The summed E-state index contributed by atoms with van der Waals surface area (Å²) in [5.74, 6) is 2.00. The quantitative estimate of drug-likeness (QED) is 0.726. The number of nitrogens with zero attached hydrogens (tertiary/aromatic N) is 6. The highest BCUT2D eigenvalue weighted by molar-refractivity contribution is 5.86. The van der Waals surface area contributed by atoms with Crippen molar-refractivity contribution < 1.29 is 4.42 Å². The lowest BCUT2D eigenvalue weighted by atomic mass is 10.2. The molecule has 0 bridgehead atoms. The Morgan fingerprint density at radius 1 is 1.18 bits per heavy atom. The van der Waals surface area contributed by atoms with E-state index in [2.05, 4.69) is 24.9 Å². The van der Waals surface area contributed by atoms with Crippen molar-refractivity contribution >= 4 is 16.9 Å². The normalized spacial score (nSPS) is 16.5. The number of fused-ring (bicyclic) bond motifs is 1. The molecule has 22 heavy (non-hydrogen) atoms. The topological polar surface area (TPSA) is 63.2 Å². The molecule has 114 valence electrons. The number of furan rings is 1. The zero-order chi connectivity index (χ0) is 14.9. The molecule has 1 aliphatic rings. The summed E-state index contributed by atoms with van der Waals surface area (Å²) in [6.07, 6.45) is 5.19. The summed E-state index contributed by atoms with van der Waals surface area (Å²) in [5, 5.41) is 5.30. The monoisotopic (exact) mass is 298 g/mol. The molecule has 0 aliphatic carbocycles. The minimum atomic E-state index is 0.868. The van der Waals surface area contributed by atoms with E-state index in [0.717, 1.165) is 55.3 Å². The second kappa shape index (κ2) is 5.42. The average Bonchev–Trinajstić information content (AvgIpc) is 3.18. The molecule has 1 fully saturated rings. The van der Waals surface area contributed by atoms with Gasteiger partial charge in [0, 0.05) is 33.2 Å². The number of rotatable bonds is 3. The Morgan fingerprint density at radius 3 is 2.82 bits per heavy atom. The van der Waals surface area contributed by atoms with Gasteiger partial charge in [0.1, 0.15) is 17.9 Å². The lowest BCUT2D eigenvalue weighted by Gasteiger charge is -2.35. The highest BCUT2D eigenvalue weighted by Crippen LogP contribution is 2.23. The van der Waals surface area contributed by atoms with Crippen molar-refractivity contribution in [3.05, 3.63) is 36.7 Å². The van der Waals surface area contributed by atoms with Crippen LogP contribution in [-0.2, 0) is 13.6 Å². The lowest BCUT2D eigenvalue weighted by molar-refractivity contribution is 0.230. The molecule has 0 N–H and O–H groups in total. The molecule has 0 atom stereocenters. The summed E-state index contributed by atoms with van der Waals surface area (Å²) in [6, 6.07) is 3.96. The Hall–Kier alpha value is -2.41. The number of aromatic nitrogens is 4. The zero-order valence-corrected chi connectivity index (χ0v) is 12.5. The molecule has 7 heteroatoms. The lowest BCUT2D eigenvalue weighted by Crippen LogP contribution is -2.46. The third-order valence-electron chi connectivity index (χ3n) is 4.14. The SMILES string of the molecule is Cn1ncc2c(N3CCN(Cc4ccco4)CC3)ncnc21. The summed E-state index contributed by atoms with van der Waals surface area (Å²) >= 11 is 0. The van der Waals surface area contributed by atoms with Gasteiger partial charge in [-0.2, -0.15) is 5.10 Å². The average molecular weight is 298 g/mol. The van der Waals surface area contributed by atoms with Crippen molar-refractivity contribution in [2.45, 2.75) is 6.54 Å². The molecule has 1 aliphatic heterocycles. The smallest absolute Gasteiger partial charge is 0.163 e. The fourth-order valence-electron chi connectivity index (χ4n) is 2.94. The van der Waals surface area contributed by atoms with Gasteiger partial charge in [-0.15, -0.1) is 0 Å². The molecule has 0 spiro atoms. The van der Waals surface area contributed by atoms with Crippen molar-refractivity contribution in [1.82, 2.24) is 24.6 Å². The fourth-order valence-corrected chi connectivity index (χ4v) is 2.94. The van der Waals surface area contributed by atoms with Gasteiger partial charge >= 0.3 is 0 Å². The molecule has 0 amide bonds. The molecule has 3 aromatic heterocycles. The largest absolute Gasteiger partial charge is 0.468 e. The van der Waals surface area contributed by atoms with Gasteiger partial charge in [0.25, 0.3) is 0 Å². The van der Waals surface area contributed by atoms with E-state index < -0.39 is 0 Å². The summed E-state index contributed by atoms with van der Waals surface area (Å²) < 4.78 is 7.21.